The van der Waals surface area contributed by atoms with Gasteiger partial charge in [-0.2, -0.15) is 13.2 Å². The van der Waals surface area contributed by atoms with Gasteiger partial charge in [-0.3, -0.25) is 0 Å². The molecule has 0 bridgehead atoms. The van der Waals surface area contributed by atoms with Gasteiger partial charge < -0.3 is 10.3 Å². The van der Waals surface area contributed by atoms with Crippen LogP contribution >= 0.6 is 0 Å². The molecule has 12 heavy (non-hydrogen) atoms. The topological polar surface area (TPSA) is 52.0 Å². The maximum atomic E-state index is 11.9. The van der Waals surface area contributed by atoms with Gasteiger partial charge in [0, 0.05) is 12.5 Å². The summed E-state index contributed by atoms with van der Waals surface area (Å²) in [4.78, 5) is 0. The van der Waals surface area contributed by atoms with E-state index in [4.69, 9.17) is 5.73 Å². The van der Waals surface area contributed by atoms with Crippen LogP contribution in [0.1, 0.15) is 11.5 Å². The number of nitrogens with zero attached hydrogens (tertiary/aromatic N) is 1. The molecule has 0 amide bonds. The number of halogens is 3. The van der Waals surface area contributed by atoms with Crippen molar-refractivity contribution in [2.24, 2.45) is 5.73 Å². The maximum absolute atomic E-state index is 11.9. The lowest BCUT2D eigenvalue weighted by molar-refractivity contribution is -0.155. The van der Waals surface area contributed by atoms with Gasteiger partial charge in [-0.15, -0.1) is 0 Å². The van der Waals surface area contributed by atoms with Gasteiger partial charge in [0.15, 0.2) is 0 Å². The molecular formula is C6H7F3N2O. The molecule has 0 atom stereocenters. The van der Waals surface area contributed by atoms with Crippen molar-refractivity contribution in [1.29, 1.82) is 0 Å². The maximum Gasteiger partial charge on any atom is 0.452 e. The Bertz CT molecular complexity index is 256. The Morgan fingerprint density at radius 2 is 2.17 bits per heavy atom. The van der Waals surface area contributed by atoms with Crippen LogP contribution in [0.4, 0.5) is 13.2 Å². The van der Waals surface area contributed by atoms with E-state index < -0.39 is 11.9 Å². The highest BCUT2D eigenvalue weighted by Gasteiger charge is 2.35. The standard InChI is InChI=1S/C6H7F3N2O/c7-6(8,9)5-3-4(1-2-10)11-12-5/h3H,1-2,10H2. The van der Waals surface area contributed by atoms with Gasteiger partial charge in [-0.25, -0.2) is 0 Å². The molecule has 0 unspecified atom stereocenters. The van der Waals surface area contributed by atoms with E-state index >= 15 is 0 Å². The van der Waals surface area contributed by atoms with E-state index in [-0.39, 0.29) is 12.2 Å². The minimum atomic E-state index is -4.46. The minimum Gasteiger partial charge on any atom is -0.351 e. The van der Waals surface area contributed by atoms with Crippen molar-refractivity contribution in [1.82, 2.24) is 5.16 Å². The first kappa shape index (κ1) is 9.05. The molecule has 1 heterocycles. The zero-order valence-corrected chi connectivity index (χ0v) is 6.06. The zero-order chi connectivity index (χ0) is 9.19. The fourth-order valence-electron chi connectivity index (χ4n) is 0.711. The van der Waals surface area contributed by atoms with E-state index in [9.17, 15) is 13.2 Å². The molecular weight excluding hydrogens is 173 g/mol. The molecule has 0 spiro atoms. The van der Waals surface area contributed by atoms with Gasteiger partial charge in [-0.05, 0) is 6.54 Å². The molecule has 1 aromatic rings. The molecule has 0 radical (unpaired) electrons. The van der Waals surface area contributed by atoms with Crippen molar-refractivity contribution in [3.8, 4) is 0 Å². The lowest BCUT2D eigenvalue weighted by atomic mass is 10.3. The predicted molar refractivity (Wildman–Crippen MR) is 34.3 cm³/mol. The Balaban J connectivity index is 2.77. The summed E-state index contributed by atoms with van der Waals surface area (Å²) in [5.41, 5.74) is 5.34. The van der Waals surface area contributed by atoms with Crippen molar-refractivity contribution in [2.45, 2.75) is 12.6 Å². The van der Waals surface area contributed by atoms with Gasteiger partial charge in [0.2, 0.25) is 5.76 Å². The number of nitrogens with two attached hydrogens (primary N) is 1. The second-order valence-corrected chi connectivity index (χ2v) is 2.22. The van der Waals surface area contributed by atoms with Crippen molar-refractivity contribution < 1.29 is 17.7 Å². The Hall–Kier alpha value is -1.04. The first-order valence-electron chi connectivity index (χ1n) is 3.27. The van der Waals surface area contributed by atoms with Crippen LogP contribution < -0.4 is 5.73 Å². The van der Waals surface area contributed by atoms with Gasteiger partial charge >= 0.3 is 6.18 Å². The number of hydrogen-bond acceptors (Lipinski definition) is 3. The summed E-state index contributed by atoms with van der Waals surface area (Å²) in [6.07, 6.45) is -4.17. The third kappa shape index (κ3) is 1.97. The van der Waals surface area contributed by atoms with Crippen LogP contribution in [0.5, 0.6) is 0 Å². The SMILES string of the molecule is NCCc1cc(C(F)(F)F)on1. The van der Waals surface area contributed by atoms with E-state index in [1.165, 1.54) is 0 Å². The van der Waals surface area contributed by atoms with Crippen molar-refractivity contribution in [3.05, 3.63) is 17.5 Å². The Morgan fingerprint density at radius 1 is 1.50 bits per heavy atom. The van der Waals surface area contributed by atoms with Crippen LogP contribution in [0.3, 0.4) is 0 Å². The lowest BCUT2D eigenvalue weighted by Gasteiger charge is -1.97. The smallest absolute Gasteiger partial charge is 0.351 e. The highest BCUT2D eigenvalue weighted by atomic mass is 19.4. The van der Waals surface area contributed by atoms with Crippen LogP contribution in [0.25, 0.3) is 0 Å². The van der Waals surface area contributed by atoms with Crippen molar-refractivity contribution >= 4 is 0 Å². The Labute approximate surface area is 66.3 Å². The summed E-state index contributed by atoms with van der Waals surface area (Å²) >= 11 is 0. The summed E-state index contributed by atoms with van der Waals surface area (Å²) < 4.78 is 39.7. The van der Waals surface area contributed by atoms with Crippen molar-refractivity contribution in [2.75, 3.05) is 6.54 Å². The summed E-state index contributed by atoms with van der Waals surface area (Å²) in [6.45, 7) is 0.254. The predicted octanol–water partition coefficient (Wildman–Crippen LogP) is 1.19. The Morgan fingerprint density at radius 3 is 2.58 bits per heavy atom. The first-order chi connectivity index (χ1) is 5.54. The molecule has 68 valence electrons. The average Bonchev–Trinajstić information content (AvgIpc) is 2.35. The molecule has 3 nitrogen and oxygen atoms in total. The van der Waals surface area contributed by atoms with Gasteiger partial charge in [0.1, 0.15) is 0 Å². The Kier molecular flexibility index (Phi) is 2.37. The number of rotatable bonds is 2. The number of aromatic nitrogens is 1. The first-order valence-corrected chi connectivity index (χ1v) is 3.27. The molecule has 1 rings (SSSR count). The van der Waals surface area contributed by atoms with E-state index in [1.54, 1.807) is 0 Å². The van der Waals surface area contributed by atoms with Crippen LogP contribution in [-0.4, -0.2) is 11.7 Å². The highest BCUT2D eigenvalue weighted by molar-refractivity contribution is 5.08. The summed E-state index contributed by atoms with van der Waals surface area (Å²) in [5, 5.41) is 3.20. The van der Waals surface area contributed by atoms with Crippen molar-refractivity contribution in [3.63, 3.8) is 0 Å². The van der Waals surface area contributed by atoms with E-state index in [0.717, 1.165) is 6.07 Å². The molecule has 0 fully saturated rings. The second-order valence-electron chi connectivity index (χ2n) is 2.22. The molecule has 6 heteroatoms. The van der Waals surface area contributed by atoms with Gasteiger partial charge in [-0.1, -0.05) is 5.16 Å². The largest absolute Gasteiger partial charge is 0.452 e. The zero-order valence-electron chi connectivity index (χ0n) is 6.06. The molecule has 0 aliphatic carbocycles. The van der Waals surface area contributed by atoms with Crippen LogP contribution in [0.15, 0.2) is 10.6 Å². The van der Waals surface area contributed by atoms with Crippen LogP contribution in [0, 0.1) is 0 Å². The van der Waals surface area contributed by atoms with Crippen LogP contribution in [-0.2, 0) is 12.6 Å². The average molecular weight is 180 g/mol. The number of hydrogen-bond donors (Lipinski definition) is 1. The molecule has 2 N–H and O–H groups in total. The third-order valence-electron chi connectivity index (χ3n) is 1.24. The lowest BCUT2D eigenvalue weighted by Crippen LogP contribution is -2.03. The molecule has 0 aliphatic rings. The molecule has 0 aromatic carbocycles. The van der Waals surface area contributed by atoms with Gasteiger partial charge in [0.05, 0.1) is 5.69 Å². The molecule has 0 aliphatic heterocycles. The summed E-state index contributed by atoms with van der Waals surface area (Å²) in [7, 11) is 0. The number of alkyl halides is 3. The fourth-order valence-corrected chi connectivity index (χ4v) is 0.711. The quantitative estimate of drug-likeness (QED) is 0.743. The van der Waals surface area contributed by atoms with E-state index in [2.05, 4.69) is 9.68 Å². The van der Waals surface area contributed by atoms with Crippen LogP contribution in [0.2, 0.25) is 0 Å². The normalized spacial score (nSPS) is 12.0. The highest BCUT2D eigenvalue weighted by Crippen LogP contribution is 2.29. The fraction of sp³-hybridized carbons (Fsp3) is 0.500. The monoisotopic (exact) mass is 180 g/mol. The summed E-state index contributed by atoms with van der Waals surface area (Å²) in [6, 6.07) is 0.854. The molecule has 0 saturated carbocycles. The summed E-state index contributed by atoms with van der Waals surface area (Å²) in [5.74, 6) is -1.08. The molecule has 0 saturated heterocycles. The third-order valence-corrected chi connectivity index (χ3v) is 1.24. The molecule has 1 aromatic heterocycles. The second kappa shape index (κ2) is 3.14. The van der Waals surface area contributed by atoms with E-state index in [0.29, 0.717) is 6.42 Å². The minimum absolute atomic E-state index is 0.227. The van der Waals surface area contributed by atoms with E-state index in [1.807, 2.05) is 0 Å². The van der Waals surface area contributed by atoms with Gasteiger partial charge in [0.25, 0.3) is 0 Å².